The smallest absolute Gasteiger partial charge is 0.317 e. The molecule has 25 heavy (non-hydrogen) atoms. The van der Waals surface area contributed by atoms with E-state index in [9.17, 15) is 4.79 Å². The van der Waals surface area contributed by atoms with Gasteiger partial charge in [0.15, 0.2) is 0 Å². The van der Waals surface area contributed by atoms with Crippen LogP contribution in [-0.4, -0.2) is 43.6 Å². The molecule has 1 aliphatic heterocycles. The first kappa shape index (κ1) is 17.5. The molecule has 136 valence electrons. The number of hydrogen-bond donors (Lipinski definition) is 1. The van der Waals surface area contributed by atoms with Crippen molar-refractivity contribution in [2.45, 2.75) is 52.1 Å². The van der Waals surface area contributed by atoms with Crippen molar-refractivity contribution in [2.75, 3.05) is 13.1 Å². The van der Waals surface area contributed by atoms with Crippen molar-refractivity contribution in [1.29, 1.82) is 0 Å². The molecule has 0 spiro atoms. The van der Waals surface area contributed by atoms with E-state index < -0.39 is 0 Å². The molecule has 0 bridgehead atoms. The molecule has 1 fully saturated rings. The normalized spacial score (nSPS) is 17.2. The first-order chi connectivity index (χ1) is 12.1. The highest BCUT2D eigenvalue weighted by Crippen LogP contribution is 2.26. The quantitative estimate of drug-likeness (QED) is 0.875. The molecule has 0 radical (unpaired) electrons. The Labute approximate surface area is 149 Å². The Morgan fingerprint density at radius 1 is 1.40 bits per heavy atom. The summed E-state index contributed by atoms with van der Waals surface area (Å²) in [7, 11) is 1.92. The second-order valence-corrected chi connectivity index (χ2v) is 6.89. The van der Waals surface area contributed by atoms with E-state index in [1.54, 1.807) is 0 Å². The van der Waals surface area contributed by atoms with Gasteiger partial charge in [-0.1, -0.05) is 13.3 Å². The Hall–Kier alpha value is -2.31. The van der Waals surface area contributed by atoms with Crippen LogP contribution in [0.25, 0.3) is 0 Å². The highest BCUT2D eigenvalue weighted by atomic mass is 16.2. The lowest BCUT2D eigenvalue weighted by Gasteiger charge is -2.17. The van der Waals surface area contributed by atoms with Crippen molar-refractivity contribution in [3.8, 4) is 0 Å². The maximum Gasteiger partial charge on any atom is 0.317 e. The molecular formula is C18H28N6O. The molecule has 2 aromatic heterocycles. The molecule has 0 aliphatic carbocycles. The number of unbranched alkanes of at least 4 members (excludes halogenated alkanes) is 1. The van der Waals surface area contributed by atoms with Gasteiger partial charge in [0.25, 0.3) is 0 Å². The number of aryl methyl sites for hydroxylation is 3. The van der Waals surface area contributed by atoms with Gasteiger partial charge in [0.05, 0.1) is 11.9 Å². The summed E-state index contributed by atoms with van der Waals surface area (Å²) >= 11 is 0. The van der Waals surface area contributed by atoms with Gasteiger partial charge in [-0.3, -0.25) is 9.36 Å². The Morgan fingerprint density at radius 2 is 2.24 bits per heavy atom. The molecule has 2 amide bonds. The highest BCUT2D eigenvalue weighted by molar-refractivity contribution is 5.74. The van der Waals surface area contributed by atoms with E-state index >= 15 is 0 Å². The van der Waals surface area contributed by atoms with Gasteiger partial charge in [0.2, 0.25) is 0 Å². The number of nitrogens with zero attached hydrogens (tertiary/aromatic N) is 5. The van der Waals surface area contributed by atoms with Gasteiger partial charge in [-0.15, -0.1) is 0 Å². The van der Waals surface area contributed by atoms with Crippen LogP contribution in [0.1, 0.15) is 48.9 Å². The summed E-state index contributed by atoms with van der Waals surface area (Å²) in [5.41, 5.74) is 3.30. The lowest BCUT2D eigenvalue weighted by atomic mass is 10.0. The predicted molar refractivity (Wildman–Crippen MR) is 96.2 cm³/mol. The molecular weight excluding hydrogens is 316 g/mol. The first-order valence-electron chi connectivity index (χ1n) is 9.11. The Balaban J connectivity index is 1.50. The van der Waals surface area contributed by atoms with Crippen LogP contribution in [0.2, 0.25) is 0 Å². The maximum atomic E-state index is 12.5. The SMILES string of the molecule is CCCCn1cc(CNC(=O)N2CCC(c3cnn(C)c3)C2)c(C)n1. The summed E-state index contributed by atoms with van der Waals surface area (Å²) in [5, 5.41) is 11.8. The van der Waals surface area contributed by atoms with Crippen molar-refractivity contribution >= 4 is 6.03 Å². The van der Waals surface area contributed by atoms with Crippen molar-refractivity contribution in [3.63, 3.8) is 0 Å². The zero-order valence-electron chi connectivity index (χ0n) is 15.4. The van der Waals surface area contributed by atoms with Gasteiger partial charge >= 0.3 is 6.03 Å². The van der Waals surface area contributed by atoms with Crippen LogP contribution in [0, 0.1) is 6.92 Å². The van der Waals surface area contributed by atoms with Crippen LogP contribution in [0.4, 0.5) is 4.79 Å². The Morgan fingerprint density at radius 3 is 2.96 bits per heavy atom. The third-order valence-corrected chi connectivity index (χ3v) is 4.89. The molecule has 1 aliphatic rings. The Kier molecular flexibility index (Phi) is 5.40. The fraction of sp³-hybridized carbons (Fsp3) is 0.611. The summed E-state index contributed by atoms with van der Waals surface area (Å²) in [6.45, 7) is 7.19. The third-order valence-electron chi connectivity index (χ3n) is 4.89. The lowest BCUT2D eigenvalue weighted by molar-refractivity contribution is 0.208. The number of likely N-dealkylation sites (tertiary alicyclic amines) is 1. The molecule has 1 N–H and O–H groups in total. The summed E-state index contributed by atoms with van der Waals surface area (Å²) in [6.07, 6.45) is 9.26. The number of urea groups is 1. The van der Waals surface area contributed by atoms with Crippen LogP contribution < -0.4 is 5.32 Å². The zero-order chi connectivity index (χ0) is 17.8. The van der Waals surface area contributed by atoms with Crippen LogP contribution in [0.15, 0.2) is 18.6 Å². The fourth-order valence-electron chi connectivity index (χ4n) is 3.32. The highest BCUT2D eigenvalue weighted by Gasteiger charge is 2.28. The van der Waals surface area contributed by atoms with Crippen molar-refractivity contribution in [2.24, 2.45) is 7.05 Å². The summed E-state index contributed by atoms with van der Waals surface area (Å²) in [4.78, 5) is 14.4. The zero-order valence-corrected chi connectivity index (χ0v) is 15.4. The maximum absolute atomic E-state index is 12.5. The van der Waals surface area contributed by atoms with Crippen molar-refractivity contribution in [3.05, 3.63) is 35.4 Å². The van der Waals surface area contributed by atoms with Crippen molar-refractivity contribution < 1.29 is 4.79 Å². The second kappa shape index (κ2) is 7.72. The number of amides is 2. The molecule has 1 atom stereocenters. The minimum atomic E-state index is 0.00657. The monoisotopic (exact) mass is 344 g/mol. The van der Waals surface area contributed by atoms with E-state index in [-0.39, 0.29) is 6.03 Å². The molecule has 1 saturated heterocycles. The molecule has 1 unspecified atom stereocenters. The van der Waals surface area contributed by atoms with Gasteiger partial charge in [-0.2, -0.15) is 10.2 Å². The topological polar surface area (TPSA) is 68.0 Å². The Bertz CT molecular complexity index is 719. The molecule has 3 heterocycles. The molecule has 3 rings (SSSR count). The van der Waals surface area contributed by atoms with Crippen LogP contribution >= 0.6 is 0 Å². The summed E-state index contributed by atoms with van der Waals surface area (Å²) in [6, 6.07) is 0.00657. The molecule has 0 aromatic carbocycles. The number of nitrogens with one attached hydrogen (secondary N) is 1. The van der Waals surface area contributed by atoms with Crippen LogP contribution in [0.3, 0.4) is 0 Å². The van der Waals surface area contributed by atoms with E-state index in [2.05, 4.69) is 22.4 Å². The molecule has 0 saturated carbocycles. The predicted octanol–water partition coefficient (Wildman–Crippen LogP) is 2.42. The number of carbonyl (C=O) groups is 1. The number of carbonyl (C=O) groups excluding carboxylic acids is 1. The van der Waals surface area contributed by atoms with E-state index in [4.69, 9.17) is 0 Å². The third kappa shape index (κ3) is 4.21. The first-order valence-corrected chi connectivity index (χ1v) is 9.11. The second-order valence-electron chi connectivity index (χ2n) is 6.89. The van der Waals surface area contributed by atoms with E-state index in [1.807, 2.05) is 46.8 Å². The number of aromatic nitrogens is 4. The van der Waals surface area contributed by atoms with Crippen molar-refractivity contribution in [1.82, 2.24) is 29.8 Å². The number of hydrogen-bond acceptors (Lipinski definition) is 3. The fourth-order valence-corrected chi connectivity index (χ4v) is 3.32. The van der Waals surface area contributed by atoms with Crippen LogP contribution in [-0.2, 0) is 20.1 Å². The number of rotatable bonds is 6. The van der Waals surface area contributed by atoms with E-state index in [0.717, 1.165) is 50.2 Å². The summed E-state index contributed by atoms with van der Waals surface area (Å²) in [5.74, 6) is 0.387. The average Bonchev–Trinajstić information content (AvgIpc) is 3.30. The lowest BCUT2D eigenvalue weighted by Crippen LogP contribution is -2.38. The largest absolute Gasteiger partial charge is 0.334 e. The average molecular weight is 344 g/mol. The minimum Gasteiger partial charge on any atom is -0.334 e. The van der Waals surface area contributed by atoms with Gasteiger partial charge in [0.1, 0.15) is 0 Å². The summed E-state index contributed by atoms with van der Waals surface area (Å²) < 4.78 is 3.80. The van der Waals surface area contributed by atoms with Gasteiger partial charge < -0.3 is 10.2 Å². The van der Waals surface area contributed by atoms with E-state index in [0.29, 0.717) is 12.5 Å². The minimum absolute atomic E-state index is 0.00657. The van der Waals surface area contributed by atoms with Crippen LogP contribution in [0.5, 0.6) is 0 Å². The van der Waals surface area contributed by atoms with Gasteiger partial charge in [0, 0.05) is 57.1 Å². The molecule has 7 heteroatoms. The van der Waals surface area contributed by atoms with Gasteiger partial charge in [-0.25, -0.2) is 4.79 Å². The van der Waals surface area contributed by atoms with E-state index in [1.165, 1.54) is 5.56 Å². The molecule has 7 nitrogen and oxygen atoms in total. The standard InChI is InChI=1S/C18H28N6O/c1-4-5-7-24-13-16(14(2)21-24)9-19-18(25)23-8-6-15(12-23)17-10-20-22(3)11-17/h10-11,13,15H,4-9,12H2,1-3H3,(H,19,25). The molecule has 2 aromatic rings. The van der Waals surface area contributed by atoms with Gasteiger partial charge in [-0.05, 0) is 25.3 Å².